The Morgan fingerprint density at radius 1 is 1.11 bits per heavy atom. The summed E-state index contributed by atoms with van der Waals surface area (Å²) in [5.74, 6) is 4.09. The van der Waals surface area contributed by atoms with Gasteiger partial charge in [0.05, 0.1) is 0 Å². The Kier molecular flexibility index (Phi) is 5.78. The molecule has 0 aromatic heterocycles. The van der Waals surface area contributed by atoms with Gasteiger partial charge in [0.25, 0.3) is 0 Å². The van der Waals surface area contributed by atoms with Crippen LogP contribution in [0.1, 0.15) is 46.1 Å². The molecule has 1 N–H and O–H groups in total. The third-order valence-electron chi connectivity index (χ3n) is 2.91. The van der Waals surface area contributed by atoms with Gasteiger partial charge in [-0.15, -0.1) is 6.42 Å². The fourth-order valence-corrected chi connectivity index (χ4v) is 2.29. The van der Waals surface area contributed by atoms with Gasteiger partial charge in [0.2, 0.25) is 0 Å². The van der Waals surface area contributed by atoms with Crippen LogP contribution < -0.4 is 5.32 Å². The van der Waals surface area contributed by atoms with Crippen molar-refractivity contribution < 1.29 is 0 Å². The maximum Gasteiger partial charge on any atom is 0.0354 e. The summed E-state index contributed by atoms with van der Waals surface area (Å²) < 4.78 is 0. The van der Waals surface area contributed by atoms with Crippen molar-refractivity contribution >= 4 is 5.69 Å². The van der Waals surface area contributed by atoms with Crippen molar-refractivity contribution in [2.75, 3.05) is 5.32 Å². The molecule has 0 aliphatic heterocycles. The van der Waals surface area contributed by atoms with Gasteiger partial charge in [-0.25, -0.2) is 0 Å². The SMILES string of the molecule is C#Cc1cccc(NC(CC(C)C)CC(C)C)c1. The standard InChI is InChI=1S/C17H25N/c1-6-15-8-7-9-16(12-15)18-17(10-13(2)3)11-14(4)5/h1,7-9,12-14,17-18H,10-11H2,2-5H3. The van der Waals surface area contributed by atoms with Crippen molar-refractivity contribution in [2.24, 2.45) is 11.8 Å². The van der Waals surface area contributed by atoms with Crippen molar-refractivity contribution in [3.05, 3.63) is 29.8 Å². The zero-order valence-electron chi connectivity index (χ0n) is 12.0. The van der Waals surface area contributed by atoms with E-state index in [0.29, 0.717) is 17.9 Å². The van der Waals surface area contributed by atoms with Crippen LogP contribution in [0, 0.1) is 24.2 Å². The minimum Gasteiger partial charge on any atom is -0.382 e. The largest absolute Gasteiger partial charge is 0.382 e. The second kappa shape index (κ2) is 7.11. The topological polar surface area (TPSA) is 12.0 Å². The van der Waals surface area contributed by atoms with Crippen molar-refractivity contribution in [2.45, 2.75) is 46.6 Å². The van der Waals surface area contributed by atoms with Crippen LogP contribution in [0.25, 0.3) is 0 Å². The maximum atomic E-state index is 5.43. The zero-order valence-corrected chi connectivity index (χ0v) is 12.0. The molecule has 0 radical (unpaired) electrons. The third kappa shape index (κ3) is 5.27. The van der Waals surface area contributed by atoms with Crippen molar-refractivity contribution in [3.8, 4) is 12.3 Å². The Bertz CT molecular complexity index is 388. The molecule has 98 valence electrons. The van der Waals surface area contributed by atoms with E-state index in [1.165, 1.54) is 12.8 Å². The molecule has 0 fully saturated rings. The summed E-state index contributed by atoms with van der Waals surface area (Å²) in [6.45, 7) is 9.08. The molecule has 1 aromatic rings. The molecule has 18 heavy (non-hydrogen) atoms. The molecule has 0 saturated carbocycles. The third-order valence-corrected chi connectivity index (χ3v) is 2.91. The van der Waals surface area contributed by atoms with Gasteiger partial charge >= 0.3 is 0 Å². The van der Waals surface area contributed by atoms with Crippen LogP contribution in [0.5, 0.6) is 0 Å². The molecule has 0 saturated heterocycles. The summed E-state index contributed by atoms with van der Waals surface area (Å²) in [6, 6.07) is 8.64. The molecule has 0 amide bonds. The lowest BCUT2D eigenvalue weighted by Crippen LogP contribution is -2.23. The minimum atomic E-state index is 0.526. The Morgan fingerprint density at radius 2 is 1.72 bits per heavy atom. The minimum absolute atomic E-state index is 0.526. The van der Waals surface area contributed by atoms with E-state index in [1.807, 2.05) is 18.2 Å². The highest BCUT2D eigenvalue weighted by atomic mass is 14.9. The highest BCUT2D eigenvalue weighted by molar-refractivity contribution is 5.50. The number of nitrogens with one attached hydrogen (secondary N) is 1. The van der Waals surface area contributed by atoms with Gasteiger partial charge in [0.15, 0.2) is 0 Å². The summed E-state index contributed by atoms with van der Waals surface area (Å²) in [4.78, 5) is 0. The summed E-state index contributed by atoms with van der Waals surface area (Å²) in [5.41, 5.74) is 2.07. The average Bonchev–Trinajstić information content (AvgIpc) is 2.27. The summed E-state index contributed by atoms with van der Waals surface area (Å²) in [7, 11) is 0. The van der Waals surface area contributed by atoms with Crippen LogP contribution >= 0.6 is 0 Å². The van der Waals surface area contributed by atoms with Crippen LogP contribution in [0.4, 0.5) is 5.69 Å². The first-order valence-electron chi connectivity index (χ1n) is 6.84. The lowest BCUT2D eigenvalue weighted by Gasteiger charge is -2.23. The van der Waals surface area contributed by atoms with E-state index in [-0.39, 0.29) is 0 Å². The number of hydrogen-bond acceptors (Lipinski definition) is 1. The predicted molar refractivity (Wildman–Crippen MR) is 80.7 cm³/mol. The predicted octanol–water partition coefficient (Wildman–Crippen LogP) is 4.54. The molecule has 0 aliphatic rings. The van der Waals surface area contributed by atoms with Gasteiger partial charge in [-0.1, -0.05) is 39.7 Å². The fraction of sp³-hybridized carbons (Fsp3) is 0.529. The number of rotatable bonds is 6. The quantitative estimate of drug-likeness (QED) is 0.723. The van der Waals surface area contributed by atoms with E-state index in [0.717, 1.165) is 11.3 Å². The highest BCUT2D eigenvalue weighted by Gasteiger charge is 2.12. The van der Waals surface area contributed by atoms with Gasteiger partial charge in [-0.2, -0.15) is 0 Å². The molecule has 0 bridgehead atoms. The second-order valence-electron chi connectivity index (χ2n) is 5.83. The normalized spacial score (nSPS) is 11.0. The molecule has 0 heterocycles. The van der Waals surface area contributed by atoms with Crippen molar-refractivity contribution in [3.63, 3.8) is 0 Å². The van der Waals surface area contributed by atoms with Gasteiger partial charge < -0.3 is 5.32 Å². The monoisotopic (exact) mass is 243 g/mol. The molecule has 1 rings (SSSR count). The first-order chi connectivity index (χ1) is 8.51. The number of hydrogen-bond donors (Lipinski definition) is 1. The molecular weight excluding hydrogens is 218 g/mol. The van der Waals surface area contributed by atoms with Crippen LogP contribution in [0.3, 0.4) is 0 Å². The van der Waals surface area contributed by atoms with Gasteiger partial charge in [0, 0.05) is 17.3 Å². The van der Waals surface area contributed by atoms with Crippen LogP contribution in [0.15, 0.2) is 24.3 Å². The molecule has 0 unspecified atom stereocenters. The van der Waals surface area contributed by atoms with E-state index in [1.54, 1.807) is 0 Å². The lowest BCUT2D eigenvalue weighted by molar-refractivity contribution is 0.442. The number of anilines is 1. The molecule has 0 aliphatic carbocycles. The lowest BCUT2D eigenvalue weighted by atomic mass is 9.95. The molecule has 1 aromatic carbocycles. The van der Waals surface area contributed by atoms with E-state index in [2.05, 4.69) is 45.0 Å². The Morgan fingerprint density at radius 3 is 2.22 bits per heavy atom. The van der Waals surface area contributed by atoms with Crippen molar-refractivity contribution in [1.29, 1.82) is 0 Å². The van der Waals surface area contributed by atoms with Gasteiger partial charge in [-0.3, -0.25) is 0 Å². The highest BCUT2D eigenvalue weighted by Crippen LogP contribution is 2.19. The summed E-state index contributed by atoms with van der Waals surface area (Å²) in [5, 5.41) is 3.62. The molecule has 0 spiro atoms. The Balaban J connectivity index is 2.72. The summed E-state index contributed by atoms with van der Waals surface area (Å²) in [6.07, 6.45) is 7.82. The number of terminal acetylenes is 1. The number of benzene rings is 1. The Hall–Kier alpha value is -1.42. The van der Waals surface area contributed by atoms with E-state index >= 15 is 0 Å². The van der Waals surface area contributed by atoms with E-state index in [9.17, 15) is 0 Å². The molecule has 0 atom stereocenters. The molecule has 1 nitrogen and oxygen atoms in total. The van der Waals surface area contributed by atoms with Gasteiger partial charge in [-0.05, 0) is 42.9 Å². The van der Waals surface area contributed by atoms with Crippen molar-refractivity contribution in [1.82, 2.24) is 0 Å². The Labute approximate surface area is 112 Å². The molecular formula is C17H25N. The van der Waals surface area contributed by atoms with Crippen LogP contribution in [0.2, 0.25) is 0 Å². The fourth-order valence-electron chi connectivity index (χ4n) is 2.29. The smallest absolute Gasteiger partial charge is 0.0354 e. The van der Waals surface area contributed by atoms with E-state index in [4.69, 9.17) is 6.42 Å². The second-order valence-corrected chi connectivity index (χ2v) is 5.83. The molecule has 1 heteroatoms. The maximum absolute atomic E-state index is 5.43. The zero-order chi connectivity index (χ0) is 13.5. The first-order valence-corrected chi connectivity index (χ1v) is 6.84. The van der Waals surface area contributed by atoms with E-state index < -0.39 is 0 Å². The van der Waals surface area contributed by atoms with Crippen LogP contribution in [-0.4, -0.2) is 6.04 Å². The van der Waals surface area contributed by atoms with Crippen LogP contribution in [-0.2, 0) is 0 Å². The average molecular weight is 243 g/mol. The summed E-state index contributed by atoms with van der Waals surface area (Å²) >= 11 is 0. The van der Waals surface area contributed by atoms with Gasteiger partial charge in [0.1, 0.15) is 0 Å². The first kappa shape index (κ1) is 14.6.